The molecule has 0 radical (unpaired) electrons. The van der Waals surface area contributed by atoms with E-state index in [-0.39, 0.29) is 17.6 Å². The van der Waals surface area contributed by atoms with Gasteiger partial charge in [0.15, 0.2) is 0 Å². The monoisotopic (exact) mass is 270 g/mol. The molecule has 0 saturated heterocycles. The number of hydrogen-bond donors (Lipinski definition) is 2. The lowest BCUT2D eigenvalue weighted by atomic mass is 10.3. The predicted octanol–water partition coefficient (Wildman–Crippen LogP) is -0.0140. The van der Waals surface area contributed by atoms with Gasteiger partial charge >= 0.3 is 5.69 Å². The zero-order chi connectivity index (χ0) is 14.6. The summed E-state index contributed by atoms with van der Waals surface area (Å²) in [6, 6.07) is 0. The van der Waals surface area contributed by atoms with E-state index in [0.717, 1.165) is 11.0 Å². The number of anilines is 2. The van der Waals surface area contributed by atoms with E-state index < -0.39 is 11.2 Å². The standard InChI is InChI=1S/C12H22N4O3/c1-5-6-16-10(13)9(14-7-8(2)19-4)11(17)15(3)12(16)18/h8,14H,5-7,13H2,1-4H3. The fraction of sp³-hybridized carbons (Fsp3) is 0.667. The fourth-order valence-electron chi connectivity index (χ4n) is 1.72. The van der Waals surface area contributed by atoms with Crippen LogP contribution in [0.25, 0.3) is 0 Å². The number of nitrogens with one attached hydrogen (secondary N) is 1. The molecule has 0 aromatic carbocycles. The average Bonchev–Trinajstić information content (AvgIpc) is 2.41. The minimum Gasteiger partial charge on any atom is -0.383 e. The maximum atomic E-state index is 12.0. The van der Waals surface area contributed by atoms with Crippen molar-refractivity contribution in [3.8, 4) is 0 Å². The SMILES string of the molecule is CCCn1c(N)c(NCC(C)OC)c(=O)n(C)c1=O. The third-order valence-corrected chi connectivity index (χ3v) is 3.00. The number of hydrogen-bond acceptors (Lipinski definition) is 5. The molecule has 0 aliphatic rings. The van der Waals surface area contributed by atoms with E-state index >= 15 is 0 Å². The van der Waals surface area contributed by atoms with Gasteiger partial charge in [-0.25, -0.2) is 4.79 Å². The molecule has 0 aliphatic heterocycles. The molecule has 0 amide bonds. The van der Waals surface area contributed by atoms with Crippen LogP contribution in [0.2, 0.25) is 0 Å². The molecule has 1 aromatic heterocycles. The summed E-state index contributed by atoms with van der Waals surface area (Å²) in [6.07, 6.45) is 0.701. The van der Waals surface area contributed by atoms with Gasteiger partial charge in [-0.3, -0.25) is 13.9 Å². The first kappa shape index (κ1) is 15.3. The van der Waals surface area contributed by atoms with E-state index in [1.165, 1.54) is 11.6 Å². The quantitative estimate of drug-likeness (QED) is 0.758. The largest absolute Gasteiger partial charge is 0.383 e. The van der Waals surface area contributed by atoms with E-state index in [1.54, 1.807) is 7.11 Å². The van der Waals surface area contributed by atoms with Crippen LogP contribution in [0.15, 0.2) is 9.59 Å². The van der Waals surface area contributed by atoms with Crippen LogP contribution in [0.5, 0.6) is 0 Å². The summed E-state index contributed by atoms with van der Waals surface area (Å²) in [5, 5.41) is 2.96. The molecule has 0 aliphatic carbocycles. The van der Waals surface area contributed by atoms with Crippen molar-refractivity contribution in [3.05, 3.63) is 20.8 Å². The highest BCUT2D eigenvalue weighted by molar-refractivity contribution is 5.60. The van der Waals surface area contributed by atoms with Crippen LogP contribution < -0.4 is 22.3 Å². The molecule has 1 unspecified atom stereocenters. The van der Waals surface area contributed by atoms with Crippen molar-refractivity contribution < 1.29 is 4.74 Å². The Morgan fingerprint density at radius 2 is 2.05 bits per heavy atom. The molecule has 1 aromatic rings. The number of ether oxygens (including phenoxy) is 1. The summed E-state index contributed by atoms with van der Waals surface area (Å²) in [6.45, 7) is 4.74. The Kier molecular flexibility index (Phi) is 5.17. The smallest absolute Gasteiger partial charge is 0.332 e. The van der Waals surface area contributed by atoms with Crippen molar-refractivity contribution >= 4 is 11.5 Å². The van der Waals surface area contributed by atoms with Crippen LogP contribution in [0.4, 0.5) is 11.5 Å². The van der Waals surface area contributed by atoms with Gasteiger partial charge in [0, 0.05) is 27.2 Å². The number of nitrogen functional groups attached to an aromatic ring is 1. The topological polar surface area (TPSA) is 91.3 Å². The molecule has 7 heteroatoms. The molecule has 0 bridgehead atoms. The molecule has 1 rings (SSSR count). The fourth-order valence-corrected chi connectivity index (χ4v) is 1.72. The zero-order valence-corrected chi connectivity index (χ0v) is 11.9. The Hall–Kier alpha value is -1.76. The normalized spacial score (nSPS) is 12.4. The van der Waals surface area contributed by atoms with E-state index in [9.17, 15) is 9.59 Å². The van der Waals surface area contributed by atoms with Gasteiger partial charge in [0.05, 0.1) is 6.10 Å². The first-order chi connectivity index (χ1) is 8.93. The second kappa shape index (κ2) is 6.42. The number of methoxy groups -OCH3 is 1. The number of aromatic nitrogens is 2. The summed E-state index contributed by atoms with van der Waals surface area (Å²) in [7, 11) is 3.03. The summed E-state index contributed by atoms with van der Waals surface area (Å²) in [5.41, 5.74) is 5.35. The molecule has 3 N–H and O–H groups in total. The molecule has 0 saturated carbocycles. The molecular weight excluding hydrogens is 248 g/mol. The molecular formula is C12H22N4O3. The maximum Gasteiger partial charge on any atom is 0.332 e. The van der Waals surface area contributed by atoms with Crippen LogP contribution >= 0.6 is 0 Å². The van der Waals surface area contributed by atoms with Gasteiger partial charge in [-0.2, -0.15) is 0 Å². The van der Waals surface area contributed by atoms with Crippen molar-refractivity contribution in [3.63, 3.8) is 0 Å². The van der Waals surface area contributed by atoms with E-state index in [0.29, 0.717) is 13.1 Å². The van der Waals surface area contributed by atoms with Crippen LogP contribution in [0.1, 0.15) is 20.3 Å². The number of nitrogens with two attached hydrogens (primary N) is 1. The zero-order valence-electron chi connectivity index (χ0n) is 11.9. The van der Waals surface area contributed by atoms with Gasteiger partial charge < -0.3 is 15.8 Å². The van der Waals surface area contributed by atoms with Gasteiger partial charge in [-0.05, 0) is 13.3 Å². The third kappa shape index (κ3) is 3.17. The van der Waals surface area contributed by atoms with Crippen molar-refractivity contribution in [2.75, 3.05) is 24.7 Å². The van der Waals surface area contributed by atoms with Crippen molar-refractivity contribution in [1.29, 1.82) is 0 Å². The Bertz CT molecular complexity index is 547. The van der Waals surface area contributed by atoms with Crippen LogP contribution in [-0.2, 0) is 18.3 Å². The van der Waals surface area contributed by atoms with Crippen molar-refractivity contribution in [2.45, 2.75) is 32.9 Å². The summed E-state index contributed by atoms with van der Waals surface area (Å²) < 4.78 is 7.57. The highest BCUT2D eigenvalue weighted by Crippen LogP contribution is 2.11. The second-order valence-electron chi connectivity index (χ2n) is 4.49. The van der Waals surface area contributed by atoms with E-state index in [4.69, 9.17) is 10.5 Å². The van der Waals surface area contributed by atoms with Gasteiger partial charge in [-0.15, -0.1) is 0 Å². The van der Waals surface area contributed by atoms with Gasteiger partial charge in [0.2, 0.25) is 0 Å². The minimum atomic E-state index is -0.418. The van der Waals surface area contributed by atoms with Crippen LogP contribution in [-0.4, -0.2) is 28.9 Å². The summed E-state index contributed by atoms with van der Waals surface area (Å²) in [5.74, 6) is 0.179. The van der Waals surface area contributed by atoms with Crippen LogP contribution in [0.3, 0.4) is 0 Å². The molecule has 1 atom stereocenters. The van der Waals surface area contributed by atoms with Crippen molar-refractivity contribution in [2.24, 2.45) is 7.05 Å². The summed E-state index contributed by atoms with van der Waals surface area (Å²) in [4.78, 5) is 24.0. The molecule has 7 nitrogen and oxygen atoms in total. The number of nitrogens with zero attached hydrogens (tertiary/aromatic N) is 2. The Labute approximate surface area is 112 Å². The molecule has 0 fully saturated rings. The molecule has 1 heterocycles. The second-order valence-corrected chi connectivity index (χ2v) is 4.49. The summed E-state index contributed by atoms with van der Waals surface area (Å²) >= 11 is 0. The highest BCUT2D eigenvalue weighted by atomic mass is 16.5. The third-order valence-electron chi connectivity index (χ3n) is 3.00. The molecule has 19 heavy (non-hydrogen) atoms. The maximum absolute atomic E-state index is 12.0. The highest BCUT2D eigenvalue weighted by Gasteiger charge is 2.15. The van der Waals surface area contributed by atoms with Crippen molar-refractivity contribution in [1.82, 2.24) is 9.13 Å². The lowest BCUT2D eigenvalue weighted by Gasteiger charge is -2.17. The Morgan fingerprint density at radius 1 is 1.42 bits per heavy atom. The van der Waals surface area contributed by atoms with Gasteiger partial charge in [-0.1, -0.05) is 6.92 Å². The Morgan fingerprint density at radius 3 is 2.58 bits per heavy atom. The first-order valence-corrected chi connectivity index (χ1v) is 6.30. The number of rotatable bonds is 6. The van der Waals surface area contributed by atoms with Crippen LogP contribution in [0, 0.1) is 0 Å². The first-order valence-electron chi connectivity index (χ1n) is 6.30. The lowest BCUT2D eigenvalue weighted by Crippen LogP contribution is -2.41. The van der Waals surface area contributed by atoms with E-state index in [1.807, 2.05) is 13.8 Å². The molecule has 108 valence electrons. The molecule has 0 spiro atoms. The lowest BCUT2D eigenvalue weighted by molar-refractivity contribution is 0.129. The van der Waals surface area contributed by atoms with Gasteiger partial charge in [0.1, 0.15) is 11.5 Å². The Balaban J connectivity index is 3.24. The minimum absolute atomic E-state index is 0.0596. The predicted molar refractivity (Wildman–Crippen MR) is 75.6 cm³/mol. The average molecular weight is 270 g/mol. The van der Waals surface area contributed by atoms with E-state index in [2.05, 4.69) is 5.32 Å². The van der Waals surface area contributed by atoms with Gasteiger partial charge in [0.25, 0.3) is 5.56 Å².